The van der Waals surface area contributed by atoms with Crippen molar-refractivity contribution in [3.8, 4) is 0 Å². The molecule has 0 fully saturated rings. The molecular formula is C20H42N4O20P4. The molecule has 3 amide bonds. The molecule has 0 saturated carbocycles. The minimum atomic E-state index is -5.85. The summed E-state index contributed by atoms with van der Waals surface area (Å²) < 4.78 is 45.6. The molecule has 3 unspecified atom stereocenters. The van der Waals surface area contributed by atoms with E-state index >= 15 is 0 Å². The van der Waals surface area contributed by atoms with E-state index in [-0.39, 0.29) is 0 Å². The van der Waals surface area contributed by atoms with Gasteiger partial charge in [0.2, 0.25) is 23.3 Å². The van der Waals surface area contributed by atoms with E-state index in [1.54, 1.807) is 0 Å². The third kappa shape index (κ3) is 13.5. The van der Waals surface area contributed by atoms with E-state index in [0.717, 1.165) is 6.92 Å². The highest BCUT2D eigenvalue weighted by Gasteiger charge is 2.59. The number of rotatable bonds is 22. The van der Waals surface area contributed by atoms with Crippen LogP contribution in [-0.4, -0.2) is 118 Å². The standard InChI is InChI=1S/C20H42N4O20P4/c1-17(28,45(33,34)35)9-11-21-14(25)3-6-19(24(31)32,8-5-16(27)23-13-18(2,29)46(36,37)38)7-4-15(26)22-12-10-20(30,47(39,40)41)48(42,43)44/h28-30H,3-13H2,1-2H3,(H,21,25)(H,22,26)(H,23,27)(H2,33,34,35)(H2,36,37,38)(H2,39,40,41)(H2,42,43,44). The van der Waals surface area contributed by atoms with Gasteiger partial charge in [-0.1, -0.05) is 0 Å². The first-order valence-corrected chi connectivity index (χ1v) is 20.0. The lowest BCUT2D eigenvalue weighted by atomic mass is 9.84. The molecule has 0 radical (unpaired) electrons. The topological polar surface area (TPSA) is 421 Å². The molecule has 0 aromatic heterocycles. The zero-order valence-corrected chi connectivity index (χ0v) is 29.2. The molecule has 28 heteroatoms. The van der Waals surface area contributed by atoms with E-state index in [1.807, 2.05) is 10.6 Å². The normalized spacial score (nSPS) is 16.9. The highest BCUT2D eigenvalue weighted by molar-refractivity contribution is 7.72. The third-order valence-electron chi connectivity index (χ3n) is 7.35. The summed E-state index contributed by atoms with van der Waals surface area (Å²) in [6.45, 7) is -0.860. The van der Waals surface area contributed by atoms with Gasteiger partial charge in [0.1, 0.15) is 0 Å². The average molecular weight is 782 g/mol. The number of amides is 3. The number of aliphatic hydroxyl groups is 3. The van der Waals surface area contributed by atoms with Gasteiger partial charge in [-0.05, 0) is 13.8 Å². The van der Waals surface area contributed by atoms with E-state index in [0.29, 0.717) is 6.92 Å². The van der Waals surface area contributed by atoms with Crippen molar-refractivity contribution in [1.82, 2.24) is 16.0 Å². The first-order valence-electron chi connectivity index (χ1n) is 13.6. The summed E-state index contributed by atoms with van der Waals surface area (Å²) in [6, 6.07) is 0. The Hall–Kier alpha value is -1.71. The Labute approximate surface area is 272 Å². The second kappa shape index (κ2) is 17.0. The van der Waals surface area contributed by atoms with Crippen molar-refractivity contribution < 1.29 is 92.0 Å². The van der Waals surface area contributed by atoms with Crippen LogP contribution >= 0.6 is 30.4 Å². The van der Waals surface area contributed by atoms with Crippen LogP contribution in [0.3, 0.4) is 0 Å². The second-order valence-electron chi connectivity index (χ2n) is 11.3. The molecule has 0 aromatic rings. The Balaban J connectivity index is 5.80. The highest BCUT2D eigenvalue weighted by Crippen LogP contribution is 2.68. The summed E-state index contributed by atoms with van der Waals surface area (Å²) in [5.74, 6) is -3.05. The van der Waals surface area contributed by atoms with Crippen LogP contribution in [0.25, 0.3) is 0 Å². The number of nitro groups is 1. The van der Waals surface area contributed by atoms with E-state index in [4.69, 9.17) is 19.6 Å². The Kier molecular flexibility index (Phi) is 16.4. The molecule has 24 nitrogen and oxygen atoms in total. The van der Waals surface area contributed by atoms with E-state index in [9.17, 15) is 77.7 Å². The monoisotopic (exact) mass is 782 g/mol. The fourth-order valence-corrected chi connectivity index (χ4v) is 6.59. The van der Waals surface area contributed by atoms with E-state index < -0.39 is 145 Å². The maximum Gasteiger partial charge on any atom is 0.369 e. The molecule has 0 rings (SSSR count). The van der Waals surface area contributed by atoms with Crippen LogP contribution in [0.5, 0.6) is 0 Å². The van der Waals surface area contributed by atoms with Crippen molar-refractivity contribution in [2.45, 2.75) is 86.5 Å². The van der Waals surface area contributed by atoms with Gasteiger partial charge < -0.3 is 70.4 Å². The Morgan fingerprint density at radius 2 is 0.917 bits per heavy atom. The van der Waals surface area contributed by atoms with Gasteiger partial charge in [-0.2, -0.15) is 0 Å². The fraction of sp³-hybridized carbons (Fsp3) is 0.850. The first kappa shape index (κ1) is 46.3. The maximum atomic E-state index is 12.4. The van der Waals surface area contributed by atoms with Crippen LogP contribution in [0.1, 0.15) is 65.2 Å². The predicted octanol–water partition coefficient (Wildman–Crippen LogP) is -2.75. The number of hydrogen-bond acceptors (Lipinski definition) is 12. The second-order valence-corrected chi connectivity index (χ2v) is 19.5. The van der Waals surface area contributed by atoms with Crippen molar-refractivity contribution in [3.05, 3.63) is 10.1 Å². The number of nitrogens with one attached hydrogen (secondary N) is 3. The molecule has 0 spiro atoms. The number of nitrogens with zero attached hydrogens (tertiary/aromatic N) is 1. The van der Waals surface area contributed by atoms with Crippen LogP contribution in [0, 0.1) is 10.1 Å². The van der Waals surface area contributed by atoms with Crippen LogP contribution in [0.15, 0.2) is 0 Å². The smallest absolute Gasteiger partial charge is 0.369 e. The van der Waals surface area contributed by atoms with Gasteiger partial charge in [0.05, 0.1) is 6.54 Å². The van der Waals surface area contributed by atoms with E-state index in [1.165, 1.54) is 0 Å². The quantitative estimate of drug-likeness (QED) is 0.0300. The molecule has 3 atom stereocenters. The Morgan fingerprint density at radius 3 is 1.23 bits per heavy atom. The molecule has 14 N–H and O–H groups in total. The maximum absolute atomic E-state index is 12.4. The summed E-state index contributed by atoms with van der Waals surface area (Å²) in [6.07, 6.45) is -6.31. The number of hydrogen-bond donors (Lipinski definition) is 14. The lowest BCUT2D eigenvalue weighted by molar-refractivity contribution is -0.573. The molecule has 0 aliphatic carbocycles. The minimum Gasteiger partial charge on any atom is -0.377 e. The predicted molar refractivity (Wildman–Crippen MR) is 160 cm³/mol. The third-order valence-corrected chi connectivity index (χ3v) is 14.1. The summed E-state index contributed by atoms with van der Waals surface area (Å²) in [4.78, 5) is 122. The molecule has 0 aliphatic rings. The Morgan fingerprint density at radius 1 is 0.583 bits per heavy atom. The van der Waals surface area contributed by atoms with Crippen molar-refractivity contribution in [3.63, 3.8) is 0 Å². The SMILES string of the molecule is CC(O)(CCNC(=O)CCC(CCC(=O)NCCC(O)(P(=O)(O)O)P(=O)(O)O)(CCC(=O)NCC(C)(O)P(=O)(O)O)[N+](=O)[O-])P(=O)(O)O. The lowest BCUT2D eigenvalue weighted by Gasteiger charge is -2.29. The largest absolute Gasteiger partial charge is 0.377 e. The summed E-state index contributed by atoms with van der Waals surface area (Å²) in [7, 11) is -21.8. The van der Waals surface area contributed by atoms with Crippen LogP contribution in [-0.2, 0) is 32.6 Å². The lowest BCUT2D eigenvalue weighted by Crippen LogP contribution is -2.44. The van der Waals surface area contributed by atoms with Crippen LogP contribution in [0.2, 0.25) is 0 Å². The van der Waals surface area contributed by atoms with Gasteiger partial charge in [0.25, 0.3) is 5.08 Å². The minimum absolute atomic E-state index is 0.484. The van der Waals surface area contributed by atoms with Gasteiger partial charge in [0, 0.05) is 69.4 Å². The van der Waals surface area contributed by atoms with E-state index in [2.05, 4.69) is 5.32 Å². The molecule has 0 aliphatic heterocycles. The highest BCUT2D eigenvalue weighted by atomic mass is 31.2. The summed E-state index contributed by atoms with van der Waals surface area (Å²) in [5.41, 5.74) is -2.27. The van der Waals surface area contributed by atoms with Crippen molar-refractivity contribution in [2.75, 3.05) is 19.6 Å². The first-order chi connectivity index (χ1) is 21.2. The molecule has 0 bridgehead atoms. The van der Waals surface area contributed by atoms with Gasteiger partial charge >= 0.3 is 30.4 Å². The molecule has 48 heavy (non-hydrogen) atoms. The fourth-order valence-electron chi connectivity index (χ4n) is 3.74. The molecule has 0 saturated heterocycles. The van der Waals surface area contributed by atoms with Gasteiger partial charge in [-0.15, -0.1) is 0 Å². The molecule has 0 heterocycles. The van der Waals surface area contributed by atoms with Crippen molar-refractivity contribution in [1.29, 1.82) is 0 Å². The van der Waals surface area contributed by atoms with Crippen molar-refractivity contribution >= 4 is 48.1 Å². The van der Waals surface area contributed by atoms with Crippen LogP contribution in [0.4, 0.5) is 0 Å². The van der Waals surface area contributed by atoms with Crippen LogP contribution < -0.4 is 16.0 Å². The van der Waals surface area contributed by atoms with Gasteiger partial charge in [-0.3, -0.25) is 42.8 Å². The molecular weight excluding hydrogens is 740 g/mol. The van der Waals surface area contributed by atoms with Gasteiger partial charge in [0.15, 0.2) is 10.7 Å². The Bertz CT molecular complexity index is 1340. The number of carbonyl (C=O) groups is 3. The van der Waals surface area contributed by atoms with Crippen molar-refractivity contribution in [2.24, 2.45) is 0 Å². The van der Waals surface area contributed by atoms with Gasteiger partial charge in [-0.25, -0.2) is 0 Å². The summed E-state index contributed by atoms with van der Waals surface area (Å²) in [5, 5.41) is 38.9. The zero-order valence-electron chi connectivity index (χ0n) is 25.6. The number of carbonyl (C=O) groups excluding carboxylic acids is 3. The molecule has 0 aromatic carbocycles. The average Bonchev–Trinajstić information content (AvgIpc) is 2.88. The molecule has 282 valence electrons. The zero-order chi connectivity index (χ0) is 38.2. The summed E-state index contributed by atoms with van der Waals surface area (Å²) >= 11 is 0.